The van der Waals surface area contributed by atoms with Gasteiger partial charge in [-0.05, 0) is 34.1 Å². The van der Waals surface area contributed by atoms with Gasteiger partial charge in [0, 0.05) is 53.9 Å². The molecule has 2 aliphatic rings. The molecule has 1 aromatic rings. The molecule has 12 nitrogen and oxygen atoms in total. The minimum Gasteiger partial charge on any atom is -0.390 e. The second-order valence-corrected chi connectivity index (χ2v) is 13.9. The molecule has 2 saturated heterocycles. The van der Waals surface area contributed by atoms with Crippen molar-refractivity contribution in [3.8, 4) is 0 Å². The number of aryl methyl sites for hydroxylation is 1. The van der Waals surface area contributed by atoms with E-state index in [0.29, 0.717) is 35.7 Å². The third-order valence-electron chi connectivity index (χ3n) is 6.47. The van der Waals surface area contributed by atoms with E-state index in [2.05, 4.69) is 56.0 Å². The van der Waals surface area contributed by atoms with Crippen molar-refractivity contribution in [3.63, 3.8) is 0 Å². The van der Waals surface area contributed by atoms with Gasteiger partial charge in [0.05, 0.1) is 25.4 Å². The lowest BCUT2D eigenvalue weighted by molar-refractivity contribution is -0.0943. The molecule has 0 aromatic carbocycles. The summed E-state index contributed by atoms with van der Waals surface area (Å²) in [7, 11) is -3.79. The first-order valence-corrected chi connectivity index (χ1v) is 16.5. The third kappa shape index (κ3) is 8.55. The molecular weight excluding hydrogens is 651 g/mol. The Balaban J connectivity index is 1.67. The van der Waals surface area contributed by atoms with Crippen LogP contribution in [0.15, 0.2) is 15.8 Å². The summed E-state index contributed by atoms with van der Waals surface area (Å²) < 4.78 is 40.6. The number of hydrogen-bond donors (Lipinski definition) is 3. The number of aliphatic hydroxyl groups is 1. The Kier molecular flexibility index (Phi) is 11.8. The highest BCUT2D eigenvalue weighted by atomic mass is 79.9. The summed E-state index contributed by atoms with van der Waals surface area (Å²) in [5, 5.41) is 15.2. The molecule has 3 unspecified atom stereocenters. The predicted octanol–water partition coefficient (Wildman–Crippen LogP) is 2.62. The van der Waals surface area contributed by atoms with Crippen LogP contribution < -0.4 is 16.6 Å². The second-order valence-electron chi connectivity index (χ2n) is 10.3. The van der Waals surface area contributed by atoms with Crippen LogP contribution >= 0.6 is 39.6 Å². The molecule has 3 rings (SSSR count). The van der Waals surface area contributed by atoms with Crippen molar-refractivity contribution in [2.45, 2.75) is 83.3 Å². The molecule has 0 radical (unpaired) electrons. The quantitative estimate of drug-likeness (QED) is 0.209. The predicted molar refractivity (Wildman–Crippen MR) is 150 cm³/mol. The number of nitrogens with one attached hydrogen (secondary N) is 2. The molecular formula is C23H39Br2N4O8P. The molecule has 1 aromatic heterocycles. The van der Waals surface area contributed by atoms with Crippen molar-refractivity contribution in [1.82, 2.24) is 19.5 Å². The van der Waals surface area contributed by atoms with Crippen molar-refractivity contribution in [1.29, 1.82) is 0 Å². The number of aromatic nitrogens is 2. The summed E-state index contributed by atoms with van der Waals surface area (Å²) in [6.45, 7) is 8.57. The molecule has 0 spiro atoms. The van der Waals surface area contributed by atoms with E-state index in [-0.39, 0.29) is 37.5 Å². The van der Waals surface area contributed by atoms with E-state index in [1.807, 2.05) is 6.92 Å². The Morgan fingerprint density at radius 1 is 1.24 bits per heavy atom. The molecule has 0 aliphatic carbocycles. The number of hydrogen-bond acceptors (Lipinski definition) is 9. The molecule has 218 valence electrons. The van der Waals surface area contributed by atoms with Gasteiger partial charge in [-0.1, -0.05) is 31.9 Å². The van der Waals surface area contributed by atoms with Crippen molar-refractivity contribution in [2.75, 3.05) is 37.0 Å². The fraction of sp³-hybridized carbons (Fsp3) is 0.826. The summed E-state index contributed by atoms with van der Waals surface area (Å²) in [4.78, 5) is 26.2. The highest BCUT2D eigenvalue weighted by Gasteiger charge is 2.40. The van der Waals surface area contributed by atoms with Crippen LogP contribution in [0.25, 0.3) is 0 Å². The summed E-state index contributed by atoms with van der Waals surface area (Å²) in [6.07, 6.45) is 0.0643. The molecule has 0 bridgehead atoms. The molecule has 3 heterocycles. The average Bonchev–Trinajstić information content (AvgIpc) is 3.19. The first-order valence-electron chi connectivity index (χ1n) is 12.7. The molecule has 0 saturated carbocycles. The Bertz CT molecular complexity index is 1080. The van der Waals surface area contributed by atoms with Crippen molar-refractivity contribution < 1.29 is 28.2 Å². The van der Waals surface area contributed by atoms with Gasteiger partial charge in [-0.3, -0.25) is 28.7 Å². The number of rotatable bonds is 13. The number of aromatic amines is 1. The lowest BCUT2D eigenvalue weighted by atomic mass is 9.95. The van der Waals surface area contributed by atoms with Crippen molar-refractivity contribution >= 4 is 39.6 Å². The van der Waals surface area contributed by atoms with Gasteiger partial charge in [0.15, 0.2) is 0 Å². The van der Waals surface area contributed by atoms with E-state index in [1.54, 1.807) is 11.6 Å². The van der Waals surface area contributed by atoms with E-state index >= 15 is 0 Å². The van der Waals surface area contributed by atoms with E-state index in [0.717, 1.165) is 6.42 Å². The van der Waals surface area contributed by atoms with Crippen molar-refractivity contribution in [3.05, 3.63) is 32.6 Å². The standard InChI is InChI=1S/C23H39Br2N4O8P/c1-15-13-29(22(32)26-21(15)31)20-11-17(30)18(37-20)14-35-38(33,28(8-6-24)9-7-25)34-10-5-19-27-23(3,4)12-16(2)36-19/h13,16-20,27,30H,5-12,14H2,1-4H3,(H,26,31,32)/t16?,17-,18+,19?,20+,38?/m0/s1. The first-order chi connectivity index (χ1) is 17.9. The molecule has 3 N–H and O–H groups in total. The van der Waals surface area contributed by atoms with Gasteiger partial charge < -0.3 is 14.6 Å². The lowest BCUT2D eigenvalue weighted by Crippen LogP contribution is -2.55. The maximum Gasteiger partial charge on any atom is 0.408 e. The molecule has 2 fully saturated rings. The van der Waals surface area contributed by atoms with E-state index < -0.39 is 37.4 Å². The molecule has 0 amide bonds. The highest BCUT2D eigenvalue weighted by Crippen LogP contribution is 2.52. The van der Waals surface area contributed by atoms with Crippen LogP contribution in [0.5, 0.6) is 0 Å². The van der Waals surface area contributed by atoms with Gasteiger partial charge >= 0.3 is 13.4 Å². The zero-order valence-electron chi connectivity index (χ0n) is 22.2. The number of nitrogens with zero attached hydrogens (tertiary/aromatic N) is 2. The molecule has 2 aliphatic heterocycles. The number of ether oxygens (including phenoxy) is 2. The average molecular weight is 690 g/mol. The van der Waals surface area contributed by atoms with Crippen LogP contribution in [-0.4, -0.2) is 86.4 Å². The van der Waals surface area contributed by atoms with Crippen LogP contribution in [0, 0.1) is 6.92 Å². The van der Waals surface area contributed by atoms with E-state index in [9.17, 15) is 19.3 Å². The molecule has 6 atom stereocenters. The number of aliphatic hydroxyl groups excluding tert-OH is 1. The number of halogens is 2. The van der Waals surface area contributed by atoms with E-state index in [1.165, 1.54) is 10.8 Å². The van der Waals surface area contributed by atoms with Gasteiger partial charge in [-0.2, -0.15) is 0 Å². The zero-order valence-corrected chi connectivity index (χ0v) is 26.3. The minimum absolute atomic E-state index is 0.0841. The zero-order chi connectivity index (χ0) is 28.1. The Morgan fingerprint density at radius 3 is 2.55 bits per heavy atom. The monoisotopic (exact) mass is 688 g/mol. The smallest absolute Gasteiger partial charge is 0.390 e. The van der Waals surface area contributed by atoms with Gasteiger partial charge in [-0.25, -0.2) is 14.0 Å². The Labute approximate surface area is 239 Å². The SMILES string of the molecule is Cc1cn([C@H]2C[C@H](O)[C@@H](COP(=O)(OCCC3NC(C)(C)CC(C)O3)N(CCBr)CCBr)O2)c(=O)[nH]c1=O. The highest BCUT2D eigenvalue weighted by molar-refractivity contribution is 9.09. The summed E-state index contributed by atoms with van der Waals surface area (Å²) in [5.41, 5.74) is -0.854. The Hall–Kier alpha value is -0.410. The van der Waals surface area contributed by atoms with Crippen molar-refractivity contribution in [2.24, 2.45) is 0 Å². The first kappa shape index (κ1) is 32.1. The van der Waals surface area contributed by atoms with Gasteiger partial charge in [-0.15, -0.1) is 0 Å². The Morgan fingerprint density at radius 2 is 1.92 bits per heavy atom. The van der Waals surface area contributed by atoms with Crippen LogP contribution in [0.1, 0.15) is 51.8 Å². The van der Waals surface area contributed by atoms with Gasteiger partial charge in [0.2, 0.25) is 0 Å². The summed E-state index contributed by atoms with van der Waals surface area (Å²) >= 11 is 6.80. The normalized spacial score (nSPS) is 29.0. The maximum absolute atomic E-state index is 14.0. The summed E-state index contributed by atoms with van der Waals surface area (Å²) in [6, 6.07) is 0. The molecule has 15 heteroatoms. The van der Waals surface area contributed by atoms with Crippen LogP contribution in [0.3, 0.4) is 0 Å². The summed E-state index contributed by atoms with van der Waals surface area (Å²) in [5.74, 6) is 0. The number of alkyl halides is 2. The third-order valence-corrected chi connectivity index (χ3v) is 9.26. The van der Waals surface area contributed by atoms with Gasteiger partial charge in [0.25, 0.3) is 5.56 Å². The van der Waals surface area contributed by atoms with Crippen LogP contribution in [0.2, 0.25) is 0 Å². The van der Waals surface area contributed by atoms with Crippen LogP contribution in [0.4, 0.5) is 0 Å². The fourth-order valence-electron chi connectivity index (χ4n) is 4.75. The largest absolute Gasteiger partial charge is 0.408 e. The topological polar surface area (TPSA) is 144 Å². The minimum atomic E-state index is -3.79. The number of H-pyrrole nitrogens is 1. The maximum atomic E-state index is 14.0. The van der Waals surface area contributed by atoms with E-state index in [4.69, 9.17) is 18.5 Å². The lowest BCUT2D eigenvalue weighted by Gasteiger charge is -2.41. The molecule has 38 heavy (non-hydrogen) atoms. The second kappa shape index (κ2) is 14.0. The van der Waals surface area contributed by atoms with Gasteiger partial charge in [0.1, 0.15) is 18.6 Å². The fourth-order valence-corrected chi connectivity index (χ4v) is 7.91. The van der Waals surface area contributed by atoms with Crippen LogP contribution in [-0.2, 0) is 23.1 Å².